The molecule has 5 heteroatoms. The van der Waals surface area contributed by atoms with Gasteiger partial charge in [0.2, 0.25) is 0 Å². The third kappa shape index (κ3) is 5.21. The molecule has 0 fully saturated rings. The fourth-order valence-electron chi connectivity index (χ4n) is 9.22. The summed E-state index contributed by atoms with van der Waals surface area (Å²) >= 11 is 0. The lowest BCUT2D eigenvalue weighted by Crippen LogP contribution is -2.15. The summed E-state index contributed by atoms with van der Waals surface area (Å²) in [4.78, 5) is 15.2. The van der Waals surface area contributed by atoms with Gasteiger partial charge in [-0.2, -0.15) is 0 Å². The molecule has 1 aromatic heterocycles. The maximum atomic E-state index is 6.74. The van der Waals surface area contributed by atoms with Crippen LogP contribution in [0.15, 0.2) is 176 Å². The Bertz CT molecular complexity index is 3320. The first-order valence-electron chi connectivity index (χ1n) is 20.0. The Kier molecular flexibility index (Phi) is 7.20. The molecule has 0 atom stereocenters. The van der Waals surface area contributed by atoms with Crippen molar-refractivity contribution in [3.63, 3.8) is 0 Å². The number of hydrogen-bond acceptors (Lipinski definition) is 5. The number of nitrogens with zero attached hydrogens (tertiary/aromatic N) is 3. The van der Waals surface area contributed by atoms with Gasteiger partial charge >= 0.3 is 0 Å². The van der Waals surface area contributed by atoms with Crippen molar-refractivity contribution in [3.05, 3.63) is 187 Å². The second-order valence-corrected chi connectivity index (χ2v) is 16.0. The predicted octanol–water partition coefficient (Wildman–Crippen LogP) is 14.2. The molecule has 0 spiro atoms. The van der Waals surface area contributed by atoms with E-state index in [-0.39, 0.29) is 5.41 Å². The Morgan fingerprint density at radius 2 is 0.864 bits per heavy atom. The van der Waals surface area contributed by atoms with Crippen molar-refractivity contribution in [2.45, 2.75) is 19.3 Å². The van der Waals surface area contributed by atoms with Crippen molar-refractivity contribution < 1.29 is 9.47 Å². The Morgan fingerprint density at radius 1 is 0.339 bits per heavy atom. The van der Waals surface area contributed by atoms with E-state index in [0.29, 0.717) is 34.7 Å². The van der Waals surface area contributed by atoms with Crippen LogP contribution in [-0.4, -0.2) is 15.0 Å². The van der Waals surface area contributed by atoms with Gasteiger partial charge in [0.05, 0.1) is 0 Å². The third-order valence-corrected chi connectivity index (χ3v) is 12.2. The first-order chi connectivity index (χ1) is 29.0. The molecule has 1 aliphatic heterocycles. The zero-order chi connectivity index (χ0) is 39.2. The monoisotopic (exact) mass is 757 g/mol. The molecule has 10 aromatic rings. The fourth-order valence-corrected chi connectivity index (χ4v) is 9.22. The van der Waals surface area contributed by atoms with E-state index in [2.05, 4.69) is 147 Å². The molecule has 0 amide bonds. The number of hydrogen-bond donors (Lipinski definition) is 0. The van der Waals surface area contributed by atoms with Crippen molar-refractivity contribution in [1.29, 1.82) is 0 Å². The number of benzene rings is 9. The van der Waals surface area contributed by atoms with Gasteiger partial charge in [0.1, 0.15) is 0 Å². The molecule has 0 radical (unpaired) electrons. The first-order valence-corrected chi connectivity index (χ1v) is 20.0. The van der Waals surface area contributed by atoms with Crippen LogP contribution in [0.1, 0.15) is 25.0 Å². The van der Waals surface area contributed by atoms with E-state index in [4.69, 9.17) is 24.4 Å². The van der Waals surface area contributed by atoms with E-state index in [0.717, 1.165) is 33.6 Å². The zero-order valence-electron chi connectivity index (χ0n) is 32.4. The molecule has 2 heterocycles. The van der Waals surface area contributed by atoms with Crippen LogP contribution in [0.3, 0.4) is 0 Å². The summed E-state index contributed by atoms with van der Waals surface area (Å²) in [5, 5.41) is 7.29. The van der Waals surface area contributed by atoms with Gasteiger partial charge in [0.25, 0.3) is 0 Å². The van der Waals surface area contributed by atoms with Crippen molar-refractivity contribution in [2.24, 2.45) is 0 Å². The Morgan fingerprint density at radius 3 is 1.58 bits per heavy atom. The van der Waals surface area contributed by atoms with Gasteiger partial charge in [-0.3, -0.25) is 0 Å². The lowest BCUT2D eigenvalue weighted by Gasteiger charge is -2.26. The maximum Gasteiger partial charge on any atom is 0.177 e. The average Bonchev–Trinajstić information content (AvgIpc) is 3.52. The largest absolute Gasteiger partial charge is 0.449 e. The normalized spacial score (nSPS) is 13.3. The van der Waals surface area contributed by atoms with E-state index < -0.39 is 0 Å². The number of rotatable bonds is 4. The van der Waals surface area contributed by atoms with E-state index in [1.165, 1.54) is 54.6 Å². The molecule has 0 bridgehead atoms. The molecule has 59 heavy (non-hydrogen) atoms. The molecule has 0 saturated heterocycles. The van der Waals surface area contributed by atoms with Crippen molar-refractivity contribution in [3.8, 4) is 79.4 Å². The third-order valence-electron chi connectivity index (χ3n) is 12.2. The second kappa shape index (κ2) is 12.7. The van der Waals surface area contributed by atoms with E-state index >= 15 is 0 Å². The van der Waals surface area contributed by atoms with Crippen LogP contribution in [0, 0.1) is 0 Å². The minimum Gasteiger partial charge on any atom is -0.449 e. The van der Waals surface area contributed by atoms with Crippen molar-refractivity contribution >= 4 is 32.3 Å². The molecular weight excluding hydrogens is 723 g/mol. The van der Waals surface area contributed by atoms with Gasteiger partial charge in [-0.25, -0.2) is 15.0 Å². The predicted molar refractivity (Wildman–Crippen MR) is 238 cm³/mol. The highest BCUT2D eigenvalue weighted by atomic mass is 16.6. The molecule has 0 saturated carbocycles. The molecule has 0 unspecified atom stereocenters. The minimum atomic E-state index is -0.130. The number of para-hydroxylation sites is 1. The molecule has 278 valence electrons. The van der Waals surface area contributed by atoms with E-state index in [1.807, 2.05) is 42.5 Å². The SMILES string of the molecule is CC1(C)c2ccccc2-c2cc3c(cc21)Oc1cccc(-c2ccc(-c4nc(-c5ccccc5)nc(-c5ccc6c7ccccc7c7ccccc7c6c5)n4)cc2)c1O3. The number of ether oxygens (including phenoxy) is 2. The summed E-state index contributed by atoms with van der Waals surface area (Å²) in [7, 11) is 0. The smallest absolute Gasteiger partial charge is 0.177 e. The Hall–Kier alpha value is -7.63. The van der Waals surface area contributed by atoms with Gasteiger partial charge in [0, 0.05) is 27.7 Å². The first kappa shape index (κ1) is 33.5. The van der Waals surface area contributed by atoms with Crippen LogP contribution in [0.5, 0.6) is 23.0 Å². The highest BCUT2D eigenvalue weighted by Gasteiger charge is 2.37. The maximum absolute atomic E-state index is 6.74. The Balaban J connectivity index is 0.936. The quantitative estimate of drug-likeness (QED) is 0.167. The highest BCUT2D eigenvalue weighted by Crippen LogP contribution is 2.56. The molecular formula is C54H35N3O2. The standard InChI is InChI=1S/C54H35N3O2/c1-54(2)45-21-11-10-19-42(45)44-30-48-49(31-46(44)54)58-47-22-12-20-36(50(47)59-48)32-23-25-34(26-24-32)52-55-51(33-13-4-3-5-14-33)56-53(57-52)35-27-28-41-39-17-7-6-15-37(39)38-16-8-9-18-40(38)43(41)29-35/h3-31H,1-2H3. The summed E-state index contributed by atoms with van der Waals surface area (Å²) in [5.74, 6) is 4.69. The lowest BCUT2D eigenvalue weighted by atomic mass is 9.82. The van der Waals surface area contributed by atoms with Crippen LogP contribution >= 0.6 is 0 Å². The van der Waals surface area contributed by atoms with Gasteiger partial charge in [-0.15, -0.1) is 0 Å². The fraction of sp³-hybridized carbons (Fsp3) is 0.0556. The van der Waals surface area contributed by atoms with Crippen LogP contribution in [-0.2, 0) is 5.41 Å². The zero-order valence-corrected chi connectivity index (χ0v) is 32.4. The minimum absolute atomic E-state index is 0.130. The summed E-state index contributed by atoms with van der Waals surface area (Å²) in [5.41, 5.74) is 9.55. The van der Waals surface area contributed by atoms with Gasteiger partial charge in [0.15, 0.2) is 40.5 Å². The molecule has 12 rings (SSSR count). The highest BCUT2D eigenvalue weighted by molar-refractivity contribution is 6.25. The van der Waals surface area contributed by atoms with Crippen LogP contribution < -0.4 is 9.47 Å². The van der Waals surface area contributed by atoms with Gasteiger partial charge in [-0.1, -0.05) is 166 Å². The lowest BCUT2D eigenvalue weighted by molar-refractivity contribution is 0.360. The second-order valence-electron chi connectivity index (χ2n) is 16.0. The summed E-state index contributed by atoms with van der Waals surface area (Å²) in [6.07, 6.45) is 0. The molecule has 2 aliphatic rings. The van der Waals surface area contributed by atoms with Crippen LogP contribution in [0.2, 0.25) is 0 Å². The average molecular weight is 758 g/mol. The summed E-state index contributed by atoms with van der Waals surface area (Å²) < 4.78 is 13.3. The van der Waals surface area contributed by atoms with E-state index in [1.54, 1.807) is 0 Å². The topological polar surface area (TPSA) is 57.1 Å². The van der Waals surface area contributed by atoms with Crippen molar-refractivity contribution in [2.75, 3.05) is 0 Å². The van der Waals surface area contributed by atoms with Gasteiger partial charge < -0.3 is 9.47 Å². The summed E-state index contributed by atoms with van der Waals surface area (Å²) in [6, 6.07) is 61.3. The number of aromatic nitrogens is 3. The molecule has 0 N–H and O–H groups in total. The van der Waals surface area contributed by atoms with Crippen LogP contribution in [0.25, 0.3) is 88.7 Å². The van der Waals surface area contributed by atoms with Crippen molar-refractivity contribution in [1.82, 2.24) is 15.0 Å². The molecule has 5 nitrogen and oxygen atoms in total. The van der Waals surface area contributed by atoms with E-state index in [9.17, 15) is 0 Å². The van der Waals surface area contributed by atoms with Crippen LogP contribution in [0.4, 0.5) is 0 Å². The molecule has 9 aromatic carbocycles. The summed E-state index contributed by atoms with van der Waals surface area (Å²) in [6.45, 7) is 4.55. The number of fused-ring (bicyclic) bond motifs is 11. The Labute approximate surface area is 341 Å². The molecule has 1 aliphatic carbocycles. The van der Waals surface area contributed by atoms with Gasteiger partial charge in [-0.05, 0) is 84.4 Å².